The molecule has 0 amide bonds. The summed E-state index contributed by atoms with van der Waals surface area (Å²) >= 11 is 1.62. The van der Waals surface area contributed by atoms with E-state index in [0.29, 0.717) is 12.2 Å². The molecule has 0 atom stereocenters. The van der Waals surface area contributed by atoms with Crippen molar-refractivity contribution in [2.24, 2.45) is 0 Å². The second-order valence-electron chi connectivity index (χ2n) is 8.40. The van der Waals surface area contributed by atoms with Crippen LogP contribution in [0.15, 0.2) is 97.3 Å². The number of halogens is 1. The van der Waals surface area contributed by atoms with Crippen LogP contribution in [0.4, 0.5) is 4.39 Å². The summed E-state index contributed by atoms with van der Waals surface area (Å²) in [6.45, 7) is 2.50. The molecule has 8 heteroatoms. The van der Waals surface area contributed by atoms with Crippen molar-refractivity contribution in [2.75, 3.05) is 0 Å². The zero-order valence-electron chi connectivity index (χ0n) is 19.4. The third-order valence-electron chi connectivity index (χ3n) is 5.84. The van der Waals surface area contributed by atoms with Gasteiger partial charge in [0.15, 0.2) is 0 Å². The maximum absolute atomic E-state index is 13.3. The number of aromatic nitrogens is 6. The Morgan fingerprint density at radius 2 is 1.58 bits per heavy atom. The number of thiazole rings is 1. The van der Waals surface area contributed by atoms with Crippen LogP contribution in [-0.4, -0.2) is 29.8 Å². The van der Waals surface area contributed by atoms with Gasteiger partial charge in [-0.2, -0.15) is 5.10 Å². The second kappa shape index (κ2) is 9.31. The largest absolute Gasteiger partial charge is 0.247 e. The highest BCUT2D eigenvalue weighted by Crippen LogP contribution is 2.39. The van der Waals surface area contributed by atoms with E-state index < -0.39 is 0 Å². The SMILES string of the molecule is Cc1nc(-c2ccccc2)sc1-c1nn(-c2ccccc2)cc1-c1cn(Cc2ccc(F)cc2)nn1. The van der Waals surface area contributed by atoms with Crippen LogP contribution in [0.2, 0.25) is 0 Å². The van der Waals surface area contributed by atoms with Crippen LogP contribution < -0.4 is 0 Å². The van der Waals surface area contributed by atoms with Gasteiger partial charge in [-0.1, -0.05) is 65.9 Å². The number of benzene rings is 3. The van der Waals surface area contributed by atoms with Crippen LogP contribution in [-0.2, 0) is 6.54 Å². The molecular weight excluding hydrogens is 471 g/mol. The van der Waals surface area contributed by atoms with Crippen molar-refractivity contribution in [2.45, 2.75) is 13.5 Å². The Kier molecular flexibility index (Phi) is 5.71. The van der Waals surface area contributed by atoms with Gasteiger partial charge in [0.05, 0.1) is 34.6 Å². The summed E-state index contributed by atoms with van der Waals surface area (Å²) in [7, 11) is 0. The molecule has 0 aliphatic carbocycles. The number of hydrogen-bond acceptors (Lipinski definition) is 5. The second-order valence-corrected chi connectivity index (χ2v) is 9.40. The third-order valence-corrected chi connectivity index (χ3v) is 7.05. The molecule has 0 saturated carbocycles. The van der Waals surface area contributed by atoms with Gasteiger partial charge in [-0.15, -0.1) is 16.4 Å². The highest BCUT2D eigenvalue weighted by atomic mass is 32.1. The van der Waals surface area contributed by atoms with Gasteiger partial charge in [0.1, 0.15) is 22.2 Å². The molecule has 0 fully saturated rings. The van der Waals surface area contributed by atoms with E-state index in [9.17, 15) is 4.39 Å². The molecule has 0 radical (unpaired) electrons. The number of nitrogens with zero attached hydrogens (tertiary/aromatic N) is 6. The van der Waals surface area contributed by atoms with Crippen LogP contribution in [0, 0.1) is 12.7 Å². The molecule has 3 aromatic carbocycles. The minimum Gasteiger partial charge on any atom is -0.247 e. The zero-order chi connectivity index (χ0) is 24.5. The van der Waals surface area contributed by atoms with Gasteiger partial charge >= 0.3 is 0 Å². The van der Waals surface area contributed by atoms with Crippen LogP contribution in [0.5, 0.6) is 0 Å². The summed E-state index contributed by atoms with van der Waals surface area (Å²) in [6, 6.07) is 26.5. The lowest BCUT2D eigenvalue weighted by Gasteiger charge is -2.00. The Morgan fingerprint density at radius 1 is 0.861 bits per heavy atom. The molecule has 6 aromatic rings. The summed E-state index contributed by atoms with van der Waals surface area (Å²) in [5.74, 6) is -0.259. The maximum atomic E-state index is 13.3. The summed E-state index contributed by atoms with van der Waals surface area (Å²) in [6.07, 6.45) is 3.88. The van der Waals surface area contributed by atoms with Crippen molar-refractivity contribution in [3.05, 3.63) is 114 Å². The third kappa shape index (κ3) is 4.34. The number of hydrogen-bond donors (Lipinski definition) is 0. The predicted molar refractivity (Wildman–Crippen MR) is 139 cm³/mol. The lowest BCUT2D eigenvalue weighted by atomic mass is 10.1. The summed E-state index contributed by atoms with van der Waals surface area (Å²) in [5, 5.41) is 14.7. The normalized spacial score (nSPS) is 11.2. The van der Waals surface area contributed by atoms with E-state index in [0.717, 1.165) is 43.7 Å². The molecule has 0 aliphatic heterocycles. The fourth-order valence-corrected chi connectivity index (χ4v) is 5.11. The average molecular weight is 493 g/mol. The first-order chi connectivity index (χ1) is 17.6. The van der Waals surface area contributed by atoms with Gasteiger partial charge in [-0.05, 0) is 36.8 Å². The minimum absolute atomic E-state index is 0.259. The van der Waals surface area contributed by atoms with Crippen LogP contribution in [0.25, 0.3) is 38.1 Å². The van der Waals surface area contributed by atoms with Crippen LogP contribution >= 0.6 is 11.3 Å². The smallest absolute Gasteiger partial charge is 0.124 e. The molecule has 0 bridgehead atoms. The standard InChI is InChI=1S/C28H21FN6S/c1-19-27(36-28(30-19)21-8-4-2-5-9-21)26-24(17-35(32-26)23-10-6-3-7-11-23)25-18-34(33-31-25)16-20-12-14-22(29)15-13-20/h2-15,17-18H,16H2,1H3. The fraction of sp³-hybridized carbons (Fsp3) is 0.0714. The van der Waals surface area contributed by atoms with E-state index in [4.69, 9.17) is 10.1 Å². The number of para-hydroxylation sites is 1. The van der Waals surface area contributed by atoms with Crippen molar-refractivity contribution in [3.63, 3.8) is 0 Å². The van der Waals surface area contributed by atoms with Gasteiger partial charge in [0.25, 0.3) is 0 Å². The van der Waals surface area contributed by atoms with Gasteiger partial charge in [-0.25, -0.2) is 18.7 Å². The molecule has 3 heterocycles. The van der Waals surface area contributed by atoms with Gasteiger partial charge < -0.3 is 0 Å². The van der Waals surface area contributed by atoms with Crippen molar-refractivity contribution in [1.29, 1.82) is 0 Å². The molecule has 36 heavy (non-hydrogen) atoms. The lowest BCUT2D eigenvalue weighted by molar-refractivity contribution is 0.621. The van der Waals surface area contributed by atoms with Crippen LogP contribution in [0.3, 0.4) is 0 Å². The summed E-state index contributed by atoms with van der Waals surface area (Å²) < 4.78 is 16.9. The monoisotopic (exact) mass is 492 g/mol. The number of aryl methyl sites for hydroxylation is 1. The molecule has 176 valence electrons. The molecule has 0 unspecified atom stereocenters. The average Bonchev–Trinajstić information content (AvgIpc) is 3.65. The quantitative estimate of drug-likeness (QED) is 0.269. The lowest BCUT2D eigenvalue weighted by Crippen LogP contribution is -2.00. The first-order valence-corrected chi connectivity index (χ1v) is 12.3. The topological polar surface area (TPSA) is 61.4 Å². The predicted octanol–water partition coefficient (Wildman–Crippen LogP) is 6.42. The van der Waals surface area contributed by atoms with E-state index in [-0.39, 0.29) is 5.82 Å². The Labute approximate surface area is 211 Å². The molecule has 0 spiro atoms. The Bertz CT molecular complexity index is 1620. The van der Waals surface area contributed by atoms with E-state index >= 15 is 0 Å². The minimum atomic E-state index is -0.259. The van der Waals surface area contributed by atoms with E-state index in [1.807, 2.05) is 72.5 Å². The first-order valence-electron chi connectivity index (χ1n) is 11.5. The van der Waals surface area contributed by atoms with Gasteiger partial charge in [0.2, 0.25) is 0 Å². The van der Waals surface area contributed by atoms with Gasteiger partial charge in [-0.3, -0.25) is 0 Å². The molecular formula is C28H21FN6S. The summed E-state index contributed by atoms with van der Waals surface area (Å²) in [4.78, 5) is 5.83. The van der Waals surface area contributed by atoms with E-state index in [1.54, 1.807) is 28.2 Å². The molecule has 0 aliphatic rings. The van der Waals surface area contributed by atoms with Crippen LogP contribution in [0.1, 0.15) is 11.3 Å². The number of rotatable bonds is 6. The molecule has 0 saturated heterocycles. The fourth-order valence-electron chi connectivity index (χ4n) is 4.04. The highest BCUT2D eigenvalue weighted by molar-refractivity contribution is 7.18. The maximum Gasteiger partial charge on any atom is 0.124 e. The Hall–Kier alpha value is -4.43. The van der Waals surface area contributed by atoms with Gasteiger partial charge in [0, 0.05) is 11.8 Å². The Balaban J connectivity index is 1.42. The molecule has 6 rings (SSSR count). The van der Waals surface area contributed by atoms with E-state index in [1.165, 1.54) is 12.1 Å². The Morgan fingerprint density at radius 3 is 2.33 bits per heavy atom. The molecule has 0 N–H and O–H groups in total. The summed E-state index contributed by atoms with van der Waals surface area (Å²) in [5.41, 5.74) is 6.28. The zero-order valence-corrected chi connectivity index (χ0v) is 20.2. The van der Waals surface area contributed by atoms with Crippen molar-refractivity contribution in [1.82, 2.24) is 29.8 Å². The van der Waals surface area contributed by atoms with Crippen molar-refractivity contribution < 1.29 is 4.39 Å². The molecule has 3 aromatic heterocycles. The highest BCUT2D eigenvalue weighted by Gasteiger charge is 2.21. The molecule has 6 nitrogen and oxygen atoms in total. The van der Waals surface area contributed by atoms with Crippen molar-refractivity contribution in [3.8, 4) is 38.1 Å². The van der Waals surface area contributed by atoms with Crippen molar-refractivity contribution >= 4 is 11.3 Å². The first kappa shape index (κ1) is 22.1. The van der Waals surface area contributed by atoms with E-state index in [2.05, 4.69) is 22.4 Å².